The van der Waals surface area contributed by atoms with E-state index in [-0.39, 0.29) is 29.7 Å². The van der Waals surface area contributed by atoms with Gasteiger partial charge in [0.05, 0.1) is 30.2 Å². The van der Waals surface area contributed by atoms with Crippen molar-refractivity contribution in [2.24, 2.45) is 0 Å². The number of aliphatic carboxylic acids is 1. The van der Waals surface area contributed by atoms with E-state index in [0.717, 1.165) is 0 Å². The van der Waals surface area contributed by atoms with E-state index < -0.39 is 25.2 Å². The van der Waals surface area contributed by atoms with Crippen LogP contribution in [0.3, 0.4) is 0 Å². The number of nitrogens with one attached hydrogen (secondary N) is 1. The molecule has 0 heterocycles. The Hall–Kier alpha value is -2.73. The molecule has 2 aromatic rings. The predicted molar refractivity (Wildman–Crippen MR) is 103 cm³/mol. The van der Waals surface area contributed by atoms with Crippen LogP contribution >= 0.6 is 7.60 Å². The number of benzene rings is 2. The van der Waals surface area contributed by atoms with Gasteiger partial charge in [-0.1, -0.05) is 48.5 Å². The molecule has 148 valence electrons. The van der Waals surface area contributed by atoms with Gasteiger partial charge in [-0.05, 0) is 31.5 Å². The number of carbonyl (C=O) groups is 2. The molecule has 0 atom stereocenters. The number of carboxylic acid groups (broad SMARTS) is 1. The molecule has 0 saturated carbocycles. The Labute approximate surface area is 163 Å². The lowest BCUT2D eigenvalue weighted by Crippen LogP contribution is -2.36. The highest BCUT2D eigenvalue weighted by atomic mass is 31.2. The molecule has 0 fully saturated rings. The average molecular weight is 402 g/mol. The molecule has 0 unspecified atom stereocenters. The van der Waals surface area contributed by atoms with E-state index in [1.165, 1.54) is 12.1 Å². The Morgan fingerprint density at radius 2 is 1.36 bits per heavy atom. The van der Waals surface area contributed by atoms with Gasteiger partial charge in [0.15, 0.2) is 0 Å². The van der Waals surface area contributed by atoms with Crippen molar-refractivity contribution in [3.05, 3.63) is 77.5 Å². The van der Waals surface area contributed by atoms with Crippen molar-refractivity contribution in [1.29, 1.82) is 0 Å². The number of hydrogen-bond donors (Lipinski definition) is 1. The van der Waals surface area contributed by atoms with E-state index in [2.05, 4.69) is 5.32 Å². The fourth-order valence-corrected chi connectivity index (χ4v) is 4.42. The zero-order valence-electron chi connectivity index (χ0n) is 15.6. The minimum absolute atomic E-state index is 0.0145. The van der Waals surface area contributed by atoms with Crippen LogP contribution in [0.1, 0.15) is 29.8 Å². The summed E-state index contributed by atoms with van der Waals surface area (Å²) in [5.41, 5.74) is -0.151. The molecule has 0 aromatic heterocycles. The Morgan fingerprint density at radius 3 is 1.79 bits per heavy atom. The van der Waals surface area contributed by atoms with Crippen LogP contribution in [-0.4, -0.2) is 25.1 Å². The van der Waals surface area contributed by atoms with Gasteiger partial charge in [0.1, 0.15) is 0 Å². The third kappa shape index (κ3) is 5.16. The number of carboxylic acids is 1. The highest BCUT2D eigenvalue weighted by molar-refractivity contribution is 7.65. The molecule has 0 radical (unpaired) electrons. The predicted octanol–water partition coefficient (Wildman–Crippen LogP) is 2.80. The third-order valence-corrected chi connectivity index (χ3v) is 5.86. The molecule has 0 aliphatic carbocycles. The lowest BCUT2D eigenvalue weighted by molar-refractivity contribution is -0.299. The van der Waals surface area contributed by atoms with Gasteiger partial charge < -0.3 is 24.3 Å². The molecule has 7 nitrogen and oxygen atoms in total. The normalized spacial score (nSPS) is 12.2. The van der Waals surface area contributed by atoms with E-state index in [9.17, 15) is 19.3 Å². The molecule has 1 amide bonds. The van der Waals surface area contributed by atoms with Crippen molar-refractivity contribution in [3.8, 4) is 0 Å². The molecule has 28 heavy (non-hydrogen) atoms. The molecule has 0 aliphatic rings. The summed E-state index contributed by atoms with van der Waals surface area (Å²) in [4.78, 5) is 24.5. The van der Waals surface area contributed by atoms with Crippen molar-refractivity contribution in [1.82, 2.24) is 5.32 Å². The summed E-state index contributed by atoms with van der Waals surface area (Å²) in [6.07, 6.45) is 0. The van der Waals surface area contributed by atoms with Gasteiger partial charge in [-0.2, -0.15) is 0 Å². The van der Waals surface area contributed by atoms with Crippen LogP contribution in [0, 0.1) is 0 Å². The number of hydrogen-bond acceptors (Lipinski definition) is 6. The van der Waals surface area contributed by atoms with Crippen molar-refractivity contribution >= 4 is 24.8 Å². The molecule has 1 N–H and O–H groups in total. The minimum Gasteiger partial charge on any atom is -0.543 e. The van der Waals surface area contributed by atoms with Gasteiger partial charge in [-0.15, -0.1) is 0 Å². The first kappa shape index (κ1) is 21.6. The number of carbonyl (C=O) groups excluding carboxylic acids is 2. The van der Waals surface area contributed by atoms with Gasteiger partial charge in [0.25, 0.3) is 5.91 Å². The highest BCUT2D eigenvalue weighted by Gasteiger charge is 2.35. The largest absolute Gasteiger partial charge is 0.543 e. The van der Waals surface area contributed by atoms with Crippen LogP contribution in [-0.2, 0) is 18.4 Å². The summed E-state index contributed by atoms with van der Waals surface area (Å²) in [7, 11) is -4.07. The highest BCUT2D eigenvalue weighted by Crippen LogP contribution is 2.61. The second-order valence-corrected chi connectivity index (χ2v) is 7.49. The molecule has 0 saturated heterocycles. The quantitative estimate of drug-likeness (QED) is 0.511. The molecule has 0 bridgehead atoms. The van der Waals surface area contributed by atoms with Gasteiger partial charge in [-0.25, -0.2) is 0 Å². The fourth-order valence-electron chi connectivity index (χ4n) is 2.52. The molecule has 2 aromatic carbocycles. The van der Waals surface area contributed by atoms with Crippen LogP contribution in [0.2, 0.25) is 0 Å². The summed E-state index contributed by atoms with van der Waals surface area (Å²) < 4.78 is 24.1. The fraction of sp³-hybridized carbons (Fsp3) is 0.200. The van der Waals surface area contributed by atoms with Crippen LogP contribution < -0.4 is 10.4 Å². The SMILES string of the molecule is CCOP(=O)(OCC)/C(=C(\NC(=O)c1ccccc1)C(=O)[O-])c1ccccc1. The topological polar surface area (TPSA) is 105 Å². The number of amides is 1. The monoisotopic (exact) mass is 402 g/mol. The first-order valence-corrected chi connectivity index (χ1v) is 10.2. The van der Waals surface area contributed by atoms with E-state index in [0.29, 0.717) is 0 Å². The lowest BCUT2D eigenvalue weighted by Gasteiger charge is -2.24. The van der Waals surface area contributed by atoms with Gasteiger partial charge in [0.2, 0.25) is 0 Å². The summed E-state index contributed by atoms with van der Waals surface area (Å²) >= 11 is 0. The van der Waals surface area contributed by atoms with Crippen LogP contribution in [0.15, 0.2) is 66.4 Å². The van der Waals surface area contributed by atoms with Crippen LogP contribution in [0.5, 0.6) is 0 Å². The zero-order chi connectivity index (χ0) is 20.6. The molecule has 0 spiro atoms. The van der Waals surface area contributed by atoms with Crippen molar-refractivity contribution in [2.75, 3.05) is 13.2 Å². The average Bonchev–Trinajstić information content (AvgIpc) is 2.69. The maximum Gasteiger partial charge on any atom is 0.364 e. The van der Waals surface area contributed by atoms with Gasteiger partial charge in [0, 0.05) is 5.56 Å². The first-order chi connectivity index (χ1) is 13.4. The van der Waals surface area contributed by atoms with Crippen molar-refractivity contribution < 1.29 is 28.3 Å². The second kappa shape index (κ2) is 9.99. The Bertz CT molecular complexity index is 885. The molecule has 8 heteroatoms. The Morgan fingerprint density at radius 1 is 0.893 bits per heavy atom. The van der Waals surface area contributed by atoms with Crippen molar-refractivity contribution in [3.63, 3.8) is 0 Å². The van der Waals surface area contributed by atoms with Gasteiger partial charge >= 0.3 is 7.60 Å². The second-order valence-electron chi connectivity index (χ2n) is 5.53. The molecular formula is C20H21NO6P-. The number of rotatable bonds is 9. The Balaban J connectivity index is 2.66. The summed E-state index contributed by atoms with van der Waals surface area (Å²) in [5.74, 6) is -2.39. The van der Waals surface area contributed by atoms with Gasteiger partial charge in [-0.3, -0.25) is 9.36 Å². The lowest BCUT2D eigenvalue weighted by atomic mass is 10.1. The summed E-state index contributed by atoms with van der Waals surface area (Å²) in [6, 6.07) is 16.2. The van der Waals surface area contributed by atoms with E-state index in [1.54, 1.807) is 62.4 Å². The molecular weight excluding hydrogens is 381 g/mol. The third-order valence-electron chi connectivity index (χ3n) is 3.63. The molecule has 0 aliphatic heterocycles. The maximum absolute atomic E-state index is 13.4. The summed E-state index contributed by atoms with van der Waals surface area (Å²) in [6.45, 7) is 3.24. The van der Waals surface area contributed by atoms with Crippen LogP contribution in [0.25, 0.3) is 5.31 Å². The van der Waals surface area contributed by atoms with E-state index in [1.807, 2.05) is 0 Å². The van der Waals surface area contributed by atoms with E-state index in [4.69, 9.17) is 9.05 Å². The Kier molecular flexibility index (Phi) is 7.70. The maximum atomic E-state index is 13.4. The van der Waals surface area contributed by atoms with E-state index >= 15 is 0 Å². The minimum atomic E-state index is -4.07. The zero-order valence-corrected chi connectivity index (χ0v) is 16.5. The first-order valence-electron chi connectivity index (χ1n) is 8.70. The smallest absolute Gasteiger partial charge is 0.364 e. The van der Waals surface area contributed by atoms with Crippen LogP contribution in [0.4, 0.5) is 0 Å². The summed E-state index contributed by atoms with van der Waals surface area (Å²) in [5, 5.41) is 14.0. The van der Waals surface area contributed by atoms with Crippen molar-refractivity contribution in [2.45, 2.75) is 13.8 Å². The standard InChI is InChI=1S/C20H22NO6P/c1-3-26-28(25,27-4-2)18(15-11-7-5-8-12-15)17(20(23)24)21-19(22)16-13-9-6-10-14-16/h5-14H,3-4H2,1-2H3,(H,21,22)(H,23,24)/p-1/b18-17-. The molecule has 2 rings (SSSR count).